The van der Waals surface area contributed by atoms with Crippen LogP contribution in [0.4, 0.5) is 0 Å². The molecule has 2 aromatic carbocycles. The Hall–Kier alpha value is -2.20. The van der Waals surface area contributed by atoms with Gasteiger partial charge in [0.2, 0.25) is 0 Å². The van der Waals surface area contributed by atoms with Crippen molar-refractivity contribution in [3.05, 3.63) is 53.6 Å². The van der Waals surface area contributed by atoms with E-state index in [1.807, 2.05) is 30.3 Å². The Morgan fingerprint density at radius 1 is 1.25 bits per heavy atom. The number of aromatic hydroxyl groups is 1. The lowest BCUT2D eigenvalue weighted by atomic mass is 9.93. The zero-order chi connectivity index (χ0) is 14.1. The first-order valence-corrected chi connectivity index (χ1v) is 6.56. The Labute approximate surface area is 117 Å². The topological polar surface area (TPSA) is 64.7 Å². The molecule has 1 aliphatic rings. The number of phenolic OH excluding ortho intramolecular Hbond substituents is 1. The molecule has 104 valence electrons. The maximum Gasteiger partial charge on any atom is 0.126 e. The second-order valence-corrected chi connectivity index (χ2v) is 4.95. The number of hydrogen-bond acceptors (Lipinski definition) is 4. The summed E-state index contributed by atoms with van der Waals surface area (Å²) in [6.45, 7) is 0. The van der Waals surface area contributed by atoms with Gasteiger partial charge in [0.1, 0.15) is 23.4 Å². The van der Waals surface area contributed by atoms with Crippen LogP contribution < -0.4 is 15.2 Å². The van der Waals surface area contributed by atoms with Gasteiger partial charge in [0.15, 0.2) is 0 Å². The van der Waals surface area contributed by atoms with Crippen LogP contribution in [0.3, 0.4) is 0 Å². The first-order valence-electron chi connectivity index (χ1n) is 6.56. The number of fused-ring (bicyclic) bond motifs is 1. The van der Waals surface area contributed by atoms with Gasteiger partial charge in [-0.25, -0.2) is 0 Å². The van der Waals surface area contributed by atoms with E-state index in [9.17, 15) is 5.11 Å². The number of benzene rings is 2. The number of hydrogen-bond donors (Lipinski definition) is 2. The molecule has 0 saturated heterocycles. The van der Waals surface area contributed by atoms with Crippen LogP contribution in [0.15, 0.2) is 42.5 Å². The molecule has 3 rings (SSSR count). The van der Waals surface area contributed by atoms with Crippen LogP contribution in [-0.4, -0.2) is 12.2 Å². The van der Waals surface area contributed by atoms with E-state index >= 15 is 0 Å². The summed E-state index contributed by atoms with van der Waals surface area (Å²) < 4.78 is 11.2. The molecule has 1 aliphatic heterocycles. The number of ether oxygens (including phenoxy) is 2. The van der Waals surface area contributed by atoms with Crippen LogP contribution in [0.1, 0.15) is 29.7 Å². The Bertz CT molecular complexity index is 627. The summed E-state index contributed by atoms with van der Waals surface area (Å²) in [5.41, 5.74) is 8.13. The number of methoxy groups -OCH3 is 1. The fourth-order valence-corrected chi connectivity index (χ4v) is 2.54. The van der Waals surface area contributed by atoms with Crippen molar-refractivity contribution in [2.75, 3.05) is 7.11 Å². The van der Waals surface area contributed by atoms with E-state index in [-0.39, 0.29) is 17.9 Å². The van der Waals surface area contributed by atoms with Gasteiger partial charge >= 0.3 is 0 Å². The van der Waals surface area contributed by atoms with Crippen LogP contribution in [0.2, 0.25) is 0 Å². The van der Waals surface area contributed by atoms with Gasteiger partial charge in [0, 0.05) is 18.0 Å². The highest BCUT2D eigenvalue weighted by Crippen LogP contribution is 2.41. The Balaban J connectivity index is 1.93. The first-order chi connectivity index (χ1) is 9.67. The van der Waals surface area contributed by atoms with Gasteiger partial charge in [-0.1, -0.05) is 12.1 Å². The molecule has 1 heterocycles. The normalized spacial score (nSPS) is 20.9. The van der Waals surface area contributed by atoms with Gasteiger partial charge in [-0.2, -0.15) is 0 Å². The average molecular weight is 271 g/mol. The predicted molar refractivity (Wildman–Crippen MR) is 76.0 cm³/mol. The molecule has 2 atom stereocenters. The summed E-state index contributed by atoms with van der Waals surface area (Å²) in [7, 11) is 1.63. The van der Waals surface area contributed by atoms with Gasteiger partial charge < -0.3 is 20.3 Å². The van der Waals surface area contributed by atoms with E-state index in [0.717, 1.165) is 22.6 Å². The van der Waals surface area contributed by atoms with Crippen LogP contribution in [-0.2, 0) is 0 Å². The molecule has 0 bridgehead atoms. The third-order valence-electron chi connectivity index (χ3n) is 3.60. The van der Waals surface area contributed by atoms with Crippen molar-refractivity contribution in [2.45, 2.75) is 18.6 Å². The molecule has 0 aliphatic carbocycles. The highest BCUT2D eigenvalue weighted by molar-refractivity contribution is 5.44. The summed E-state index contributed by atoms with van der Waals surface area (Å²) in [4.78, 5) is 0. The summed E-state index contributed by atoms with van der Waals surface area (Å²) in [5, 5.41) is 9.57. The Kier molecular flexibility index (Phi) is 3.24. The molecule has 4 heteroatoms. The SMILES string of the molecule is COc1ccc2c(c1)C(N)CC(c1cccc(O)c1)O2. The van der Waals surface area contributed by atoms with Gasteiger partial charge in [-0.05, 0) is 35.9 Å². The van der Waals surface area contributed by atoms with E-state index < -0.39 is 0 Å². The predicted octanol–water partition coefficient (Wildman–Crippen LogP) is 2.92. The van der Waals surface area contributed by atoms with E-state index in [1.165, 1.54) is 0 Å². The Morgan fingerprint density at radius 2 is 2.10 bits per heavy atom. The lowest BCUT2D eigenvalue weighted by molar-refractivity contribution is 0.161. The van der Waals surface area contributed by atoms with Gasteiger partial charge in [0.05, 0.1) is 7.11 Å². The van der Waals surface area contributed by atoms with Crippen LogP contribution in [0, 0.1) is 0 Å². The van der Waals surface area contributed by atoms with Gasteiger partial charge in [-0.15, -0.1) is 0 Å². The zero-order valence-corrected chi connectivity index (χ0v) is 11.2. The molecule has 0 fully saturated rings. The molecule has 2 aromatic rings. The first kappa shape index (κ1) is 12.8. The summed E-state index contributed by atoms with van der Waals surface area (Å²) in [6, 6.07) is 12.6. The smallest absolute Gasteiger partial charge is 0.126 e. The third-order valence-corrected chi connectivity index (χ3v) is 3.60. The van der Waals surface area contributed by atoms with Crippen molar-refractivity contribution in [2.24, 2.45) is 5.73 Å². The maximum absolute atomic E-state index is 9.57. The zero-order valence-electron chi connectivity index (χ0n) is 11.2. The van der Waals surface area contributed by atoms with Gasteiger partial charge in [0.25, 0.3) is 0 Å². The van der Waals surface area contributed by atoms with Crippen LogP contribution >= 0.6 is 0 Å². The second-order valence-electron chi connectivity index (χ2n) is 4.95. The minimum atomic E-state index is -0.141. The molecule has 0 aromatic heterocycles. The molecule has 0 saturated carbocycles. The third kappa shape index (κ3) is 2.30. The monoisotopic (exact) mass is 271 g/mol. The fourth-order valence-electron chi connectivity index (χ4n) is 2.54. The van der Waals surface area contributed by atoms with Crippen molar-refractivity contribution >= 4 is 0 Å². The van der Waals surface area contributed by atoms with Crippen LogP contribution in [0.25, 0.3) is 0 Å². The molecule has 0 amide bonds. The average Bonchev–Trinajstić information content (AvgIpc) is 2.47. The largest absolute Gasteiger partial charge is 0.508 e. The molecule has 0 radical (unpaired) electrons. The lowest BCUT2D eigenvalue weighted by Crippen LogP contribution is -2.24. The van der Waals surface area contributed by atoms with Crippen molar-refractivity contribution in [3.8, 4) is 17.2 Å². The standard InChI is InChI=1S/C16H17NO3/c1-19-12-5-6-15-13(8-12)14(17)9-16(20-15)10-3-2-4-11(18)7-10/h2-8,14,16,18H,9,17H2,1H3. The van der Waals surface area contributed by atoms with Crippen molar-refractivity contribution in [3.63, 3.8) is 0 Å². The van der Waals surface area contributed by atoms with Crippen molar-refractivity contribution in [1.82, 2.24) is 0 Å². The number of nitrogens with two attached hydrogens (primary N) is 1. The minimum absolute atomic E-state index is 0.110. The lowest BCUT2D eigenvalue weighted by Gasteiger charge is -2.30. The summed E-state index contributed by atoms with van der Waals surface area (Å²) >= 11 is 0. The number of phenols is 1. The quantitative estimate of drug-likeness (QED) is 0.881. The molecular formula is C16H17NO3. The highest BCUT2D eigenvalue weighted by atomic mass is 16.5. The molecule has 3 N–H and O–H groups in total. The van der Waals surface area contributed by atoms with E-state index in [0.29, 0.717) is 6.42 Å². The molecular weight excluding hydrogens is 254 g/mol. The van der Waals surface area contributed by atoms with Gasteiger partial charge in [-0.3, -0.25) is 0 Å². The summed E-state index contributed by atoms with van der Waals surface area (Å²) in [6.07, 6.45) is 0.530. The number of rotatable bonds is 2. The van der Waals surface area contributed by atoms with E-state index in [2.05, 4.69) is 0 Å². The molecule has 4 nitrogen and oxygen atoms in total. The molecule has 20 heavy (non-hydrogen) atoms. The Morgan fingerprint density at radius 3 is 2.85 bits per heavy atom. The molecule has 0 spiro atoms. The maximum atomic E-state index is 9.57. The minimum Gasteiger partial charge on any atom is -0.508 e. The van der Waals surface area contributed by atoms with Crippen molar-refractivity contribution < 1.29 is 14.6 Å². The van der Waals surface area contributed by atoms with E-state index in [4.69, 9.17) is 15.2 Å². The van der Waals surface area contributed by atoms with Crippen LogP contribution in [0.5, 0.6) is 17.2 Å². The van der Waals surface area contributed by atoms with E-state index in [1.54, 1.807) is 19.2 Å². The fraction of sp³-hybridized carbons (Fsp3) is 0.250. The van der Waals surface area contributed by atoms with Crippen molar-refractivity contribution in [1.29, 1.82) is 0 Å². The highest BCUT2D eigenvalue weighted by Gasteiger charge is 2.27. The second kappa shape index (κ2) is 5.06. The molecule has 2 unspecified atom stereocenters. The summed E-state index contributed by atoms with van der Waals surface area (Å²) in [5.74, 6) is 1.79.